The van der Waals surface area contributed by atoms with Crippen molar-refractivity contribution in [2.45, 2.75) is 44.2 Å². The standard InChI is InChI=1S/C25H31N3O4S/c1-4-28(5-2)33(31,32)23-15-8-19(9-16-23)10-17-24(29)27(3)18-20-6-11-21(12-7-20)25(30)26-22-13-14-22/h6-12,15-17,22H,4-5,13-14,18H2,1-3H3,(H,26,30)/b17-10+. The molecular formula is C25H31N3O4S. The molecule has 3 rings (SSSR count). The van der Waals surface area contributed by atoms with Gasteiger partial charge >= 0.3 is 0 Å². The highest BCUT2D eigenvalue weighted by Gasteiger charge is 2.23. The lowest BCUT2D eigenvalue weighted by Crippen LogP contribution is -2.30. The lowest BCUT2D eigenvalue weighted by molar-refractivity contribution is -0.125. The van der Waals surface area contributed by atoms with Gasteiger partial charge < -0.3 is 10.2 Å². The molecule has 1 fully saturated rings. The first-order chi connectivity index (χ1) is 15.7. The van der Waals surface area contributed by atoms with Crippen LogP contribution in [0, 0.1) is 0 Å². The van der Waals surface area contributed by atoms with Crippen LogP contribution in [0.5, 0.6) is 0 Å². The zero-order chi connectivity index (χ0) is 24.0. The first-order valence-corrected chi connectivity index (χ1v) is 12.6. The van der Waals surface area contributed by atoms with Crippen LogP contribution in [0.25, 0.3) is 6.08 Å². The maximum atomic E-state index is 12.6. The molecule has 2 aromatic carbocycles. The van der Waals surface area contributed by atoms with E-state index in [0.717, 1.165) is 24.0 Å². The molecule has 33 heavy (non-hydrogen) atoms. The third kappa shape index (κ3) is 6.52. The number of carbonyl (C=O) groups excluding carboxylic acids is 2. The molecule has 1 N–H and O–H groups in total. The summed E-state index contributed by atoms with van der Waals surface area (Å²) >= 11 is 0. The smallest absolute Gasteiger partial charge is 0.251 e. The molecule has 2 aromatic rings. The first kappa shape index (κ1) is 24.7. The quantitative estimate of drug-likeness (QED) is 0.541. The molecule has 0 aliphatic heterocycles. The van der Waals surface area contributed by atoms with Crippen molar-refractivity contribution in [2.75, 3.05) is 20.1 Å². The van der Waals surface area contributed by atoms with E-state index < -0.39 is 10.0 Å². The Hall–Kier alpha value is -2.97. The Morgan fingerprint density at radius 1 is 1.00 bits per heavy atom. The van der Waals surface area contributed by atoms with Crippen molar-refractivity contribution in [3.8, 4) is 0 Å². The number of sulfonamides is 1. The lowest BCUT2D eigenvalue weighted by Gasteiger charge is -2.18. The average Bonchev–Trinajstić information content (AvgIpc) is 3.62. The zero-order valence-corrected chi connectivity index (χ0v) is 20.1. The Balaban J connectivity index is 1.56. The molecule has 0 spiro atoms. The summed E-state index contributed by atoms with van der Waals surface area (Å²) in [6.45, 7) is 4.85. The average molecular weight is 470 g/mol. The minimum atomic E-state index is -3.50. The summed E-state index contributed by atoms with van der Waals surface area (Å²) in [5.74, 6) is -0.238. The second-order valence-electron chi connectivity index (χ2n) is 8.13. The van der Waals surface area contributed by atoms with E-state index in [1.54, 1.807) is 68.3 Å². The normalized spacial score (nSPS) is 13.9. The Bertz CT molecular complexity index is 1100. The van der Waals surface area contributed by atoms with Crippen molar-refractivity contribution in [2.24, 2.45) is 0 Å². The van der Waals surface area contributed by atoms with Gasteiger partial charge in [0.25, 0.3) is 5.91 Å². The molecule has 0 heterocycles. The van der Waals surface area contributed by atoms with Crippen molar-refractivity contribution in [1.29, 1.82) is 0 Å². The van der Waals surface area contributed by atoms with Crippen LogP contribution in [-0.2, 0) is 21.4 Å². The number of benzene rings is 2. The van der Waals surface area contributed by atoms with Gasteiger partial charge in [-0.15, -0.1) is 0 Å². The van der Waals surface area contributed by atoms with Crippen LogP contribution in [-0.4, -0.2) is 55.6 Å². The summed E-state index contributed by atoms with van der Waals surface area (Å²) in [7, 11) is -1.79. The van der Waals surface area contributed by atoms with Crippen LogP contribution in [0.1, 0.15) is 48.2 Å². The highest BCUT2D eigenvalue weighted by molar-refractivity contribution is 7.89. The Kier molecular flexibility index (Phi) is 8.05. The molecule has 0 aromatic heterocycles. The third-order valence-electron chi connectivity index (χ3n) is 5.57. The van der Waals surface area contributed by atoms with Crippen LogP contribution in [0.3, 0.4) is 0 Å². The zero-order valence-electron chi connectivity index (χ0n) is 19.3. The fourth-order valence-corrected chi connectivity index (χ4v) is 4.83. The predicted molar refractivity (Wildman–Crippen MR) is 129 cm³/mol. The summed E-state index contributed by atoms with van der Waals surface area (Å²) in [6.07, 6.45) is 5.22. The summed E-state index contributed by atoms with van der Waals surface area (Å²) in [6, 6.07) is 14.1. The second kappa shape index (κ2) is 10.8. The first-order valence-electron chi connectivity index (χ1n) is 11.2. The Morgan fingerprint density at radius 2 is 1.61 bits per heavy atom. The van der Waals surface area contributed by atoms with Gasteiger partial charge in [-0.3, -0.25) is 9.59 Å². The number of nitrogens with zero attached hydrogens (tertiary/aromatic N) is 2. The summed E-state index contributed by atoms with van der Waals surface area (Å²) in [5, 5.41) is 2.96. The second-order valence-corrected chi connectivity index (χ2v) is 10.1. The van der Waals surface area contributed by atoms with Crippen LogP contribution in [0.2, 0.25) is 0 Å². The van der Waals surface area contributed by atoms with E-state index in [0.29, 0.717) is 31.2 Å². The van der Waals surface area contributed by atoms with Crippen LogP contribution in [0.4, 0.5) is 0 Å². The van der Waals surface area contributed by atoms with E-state index in [9.17, 15) is 18.0 Å². The lowest BCUT2D eigenvalue weighted by atomic mass is 10.1. The number of nitrogens with one attached hydrogen (secondary N) is 1. The van der Waals surface area contributed by atoms with E-state index in [4.69, 9.17) is 0 Å². The molecule has 0 bridgehead atoms. The van der Waals surface area contributed by atoms with Crippen LogP contribution in [0.15, 0.2) is 59.5 Å². The minimum absolute atomic E-state index is 0.0627. The molecule has 8 heteroatoms. The minimum Gasteiger partial charge on any atom is -0.349 e. The monoisotopic (exact) mass is 469 g/mol. The molecule has 176 valence electrons. The molecule has 1 aliphatic carbocycles. The van der Waals surface area contributed by atoms with E-state index in [2.05, 4.69) is 5.32 Å². The van der Waals surface area contributed by atoms with Crippen molar-refractivity contribution in [3.63, 3.8) is 0 Å². The molecule has 0 unspecified atom stereocenters. The Labute approximate surface area is 196 Å². The molecule has 1 aliphatic rings. The van der Waals surface area contributed by atoms with Crippen molar-refractivity contribution >= 4 is 27.9 Å². The van der Waals surface area contributed by atoms with Gasteiger partial charge in [0.2, 0.25) is 15.9 Å². The van der Waals surface area contributed by atoms with Gasteiger partial charge in [-0.25, -0.2) is 8.42 Å². The van der Waals surface area contributed by atoms with Crippen LogP contribution < -0.4 is 5.32 Å². The van der Waals surface area contributed by atoms with Gasteiger partial charge in [0.1, 0.15) is 0 Å². The molecule has 0 saturated heterocycles. The van der Waals surface area contributed by atoms with Gasteiger partial charge in [-0.2, -0.15) is 4.31 Å². The van der Waals surface area contributed by atoms with E-state index in [1.165, 1.54) is 10.4 Å². The van der Waals surface area contributed by atoms with Gasteiger partial charge in [0.15, 0.2) is 0 Å². The maximum Gasteiger partial charge on any atom is 0.251 e. The van der Waals surface area contributed by atoms with Gasteiger partial charge in [-0.1, -0.05) is 38.1 Å². The third-order valence-corrected chi connectivity index (χ3v) is 7.63. The van der Waals surface area contributed by atoms with E-state index in [1.807, 2.05) is 12.1 Å². The topological polar surface area (TPSA) is 86.8 Å². The number of hydrogen-bond donors (Lipinski definition) is 1. The summed E-state index contributed by atoms with van der Waals surface area (Å²) in [4.78, 5) is 26.4. The SMILES string of the molecule is CCN(CC)S(=O)(=O)c1ccc(/C=C/C(=O)N(C)Cc2ccc(C(=O)NC3CC3)cc2)cc1. The molecule has 0 radical (unpaired) electrons. The molecule has 7 nitrogen and oxygen atoms in total. The number of likely N-dealkylation sites (N-methyl/N-ethyl adjacent to an activating group) is 1. The summed E-state index contributed by atoms with van der Waals surface area (Å²) in [5.41, 5.74) is 2.28. The maximum absolute atomic E-state index is 12.6. The molecule has 1 saturated carbocycles. The number of carbonyl (C=O) groups is 2. The van der Waals surface area contributed by atoms with Crippen molar-refractivity contribution in [3.05, 3.63) is 71.3 Å². The molecule has 2 amide bonds. The van der Waals surface area contributed by atoms with Gasteiger partial charge in [0, 0.05) is 44.4 Å². The fourth-order valence-electron chi connectivity index (χ4n) is 3.37. The fraction of sp³-hybridized carbons (Fsp3) is 0.360. The van der Waals surface area contributed by atoms with Crippen molar-refractivity contribution in [1.82, 2.24) is 14.5 Å². The van der Waals surface area contributed by atoms with Gasteiger partial charge in [-0.05, 0) is 54.3 Å². The number of rotatable bonds is 10. The largest absolute Gasteiger partial charge is 0.349 e. The Morgan fingerprint density at radius 3 is 2.15 bits per heavy atom. The number of hydrogen-bond acceptors (Lipinski definition) is 4. The predicted octanol–water partition coefficient (Wildman–Crippen LogP) is 3.28. The molecular weight excluding hydrogens is 438 g/mol. The van der Waals surface area contributed by atoms with E-state index in [-0.39, 0.29) is 16.7 Å². The van der Waals surface area contributed by atoms with Gasteiger partial charge in [0.05, 0.1) is 4.90 Å². The van der Waals surface area contributed by atoms with Crippen molar-refractivity contribution < 1.29 is 18.0 Å². The number of amides is 2. The molecule has 0 atom stereocenters. The highest BCUT2D eigenvalue weighted by Crippen LogP contribution is 2.20. The highest BCUT2D eigenvalue weighted by atomic mass is 32.2. The van der Waals surface area contributed by atoms with E-state index >= 15 is 0 Å². The summed E-state index contributed by atoms with van der Waals surface area (Å²) < 4.78 is 26.5. The van der Waals surface area contributed by atoms with Crippen LogP contribution >= 0.6 is 0 Å².